The topological polar surface area (TPSA) is 68.1 Å². The van der Waals surface area contributed by atoms with E-state index < -0.39 is 0 Å². The molecule has 128 valence electrons. The van der Waals surface area contributed by atoms with Gasteiger partial charge in [-0.1, -0.05) is 30.3 Å². The van der Waals surface area contributed by atoms with E-state index in [0.29, 0.717) is 34.9 Å². The van der Waals surface area contributed by atoms with Gasteiger partial charge in [0, 0.05) is 16.8 Å². The minimum absolute atomic E-state index is 0.00541. The van der Waals surface area contributed by atoms with Crippen molar-refractivity contribution in [2.45, 2.75) is 13.5 Å². The van der Waals surface area contributed by atoms with Crippen LogP contribution in [0.2, 0.25) is 0 Å². The molecule has 0 bridgehead atoms. The first-order valence-corrected chi connectivity index (χ1v) is 7.86. The molecule has 0 unspecified atom stereocenters. The average Bonchev–Trinajstić information content (AvgIpc) is 2.90. The molecule has 0 amide bonds. The summed E-state index contributed by atoms with van der Waals surface area (Å²) >= 11 is 0. The monoisotopic (exact) mass is 337 g/mol. The number of ether oxygens (including phenoxy) is 2. The predicted octanol–water partition coefficient (Wildman–Crippen LogP) is 3.83. The smallest absolute Gasteiger partial charge is 0.199 e. The zero-order valence-electron chi connectivity index (χ0n) is 14.4. The Hall–Kier alpha value is -3.08. The Balaban J connectivity index is 1.86. The zero-order chi connectivity index (χ0) is 18.0. The molecule has 0 heterocycles. The summed E-state index contributed by atoms with van der Waals surface area (Å²) in [5.41, 5.74) is 2.76. The third-order valence-electron chi connectivity index (χ3n) is 4.20. The second-order valence-corrected chi connectivity index (χ2v) is 5.69. The number of aliphatic hydroxyl groups excluding tert-OH is 1. The van der Waals surface area contributed by atoms with Crippen molar-refractivity contribution >= 4 is 17.3 Å². The summed E-state index contributed by atoms with van der Waals surface area (Å²) in [4.78, 5) is 17.0. The molecule has 0 atom stereocenters. The number of Topliss-reactive ketones (excluding diaryl/α,β-unsaturated/α-hetero) is 1. The van der Waals surface area contributed by atoms with Crippen LogP contribution in [-0.4, -0.2) is 30.8 Å². The maximum absolute atomic E-state index is 12.5. The van der Waals surface area contributed by atoms with Gasteiger partial charge >= 0.3 is 0 Å². The third-order valence-corrected chi connectivity index (χ3v) is 4.20. The molecule has 0 aliphatic heterocycles. The number of allylic oxidation sites excluding steroid dienone is 1. The Morgan fingerprint density at radius 3 is 2.36 bits per heavy atom. The molecule has 0 radical (unpaired) electrons. The molecule has 0 spiro atoms. The van der Waals surface area contributed by atoms with Gasteiger partial charge in [0.1, 0.15) is 5.76 Å². The van der Waals surface area contributed by atoms with Crippen LogP contribution in [0.3, 0.4) is 0 Å². The summed E-state index contributed by atoms with van der Waals surface area (Å²) in [6.45, 7) is 2.10. The number of nitrogens with zero attached hydrogens (tertiary/aromatic N) is 1. The normalized spacial score (nSPS) is 13.9. The van der Waals surface area contributed by atoms with E-state index in [9.17, 15) is 9.90 Å². The molecule has 3 rings (SSSR count). The second-order valence-electron chi connectivity index (χ2n) is 5.69. The van der Waals surface area contributed by atoms with Gasteiger partial charge in [0.2, 0.25) is 0 Å². The molecule has 5 heteroatoms. The Morgan fingerprint density at radius 1 is 1.04 bits per heavy atom. The minimum atomic E-state index is -0.193. The fourth-order valence-electron chi connectivity index (χ4n) is 2.87. The summed E-state index contributed by atoms with van der Waals surface area (Å²) in [5.74, 6) is 1.07. The first-order valence-electron chi connectivity index (χ1n) is 7.86. The number of carbonyl (C=O) groups is 1. The summed E-state index contributed by atoms with van der Waals surface area (Å²) in [6.07, 6.45) is 0. The summed E-state index contributed by atoms with van der Waals surface area (Å²) in [7, 11) is 3.16. The Kier molecular flexibility index (Phi) is 4.57. The van der Waals surface area contributed by atoms with Gasteiger partial charge < -0.3 is 14.6 Å². The predicted molar refractivity (Wildman–Crippen MR) is 96.7 cm³/mol. The first kappa shape index (κ1) is 16.8. The van der Waals surface area contributed by atoms with E-state index >= 15 is 0 Å². The van der Waals surface area contributed by atoms with E-state index in [1.54, 1.807) is 45.4 Å². The van der Waals surface area contributed by atoms with Gasteiger partial charge in [-0.25, -0.2) is 0 Å². The van der Waals surface area contributed by atoms with E-state index in [2.05, 4.69) is 4.99 Å². The van der Waals surface area contributed by atoms with Crippen molar-refractivity contribution in [3.63, 3.8) is 0 Å². The van der Waals surface area contributed by atoms with Gasteiger partial charge in [0.15, 0.2) is 17.3 Å². The number of hydrogen-bond donors (Lipinski definition) is 1. The molecule has 0 saturated carbocycles. The van der Waals surface area contributed by atoms with E-state index in [1.807, 2.05) is 18.2 Å². The van der Waals surface area contributed by atoms with Crippen molar-refractivity contribution in [3.8, 4) is 11.5 Å². The van der Waals surface area contributed by atoms with Gasteiger partial charge in [-0.2, -0.15) is 0 Å². The number of ketones is 1. The van der Waals surface area contributed by atoms with E-state index in [4.69, 9.17) is 9.47 Å². The van der Waals surface area contributed by atoms with Crippen molar-refractivity contribution in [2.24, 2.45) is 4.99 Å². The number of hydrogen-bond acceptors (Lipinski definition) is 5. The van der Waals surface area contributed by atoms with Crippen LogP contribution in [0.5, 0.6) is 11.5 Å². The summed E-state index contributed by atoms with van der Waals surface area (Å²) in [6, 6.07) is 12.6. The Morgan fingerprint density at radius 2 is 1.72 bits per heavy atom. The quantitative estimate of drug-likeness (QED) is 0.842. The standard InChI is InChI=1S/C20H19NO4/c1-12(18-19(22)14-6-4-5-7-15(14)20(18)23)21-11-13-8-9-16(24-2)17(10-13)25-3/h4-10,22H,11H2,1-3H3. The molecule has 5 nitrogen and oxygen atoms in total. The Labute approximate surface area is 146 Å². The molecule has 1 aliphatic rings. The lowest BCUT2D eigenvalue weighted by Gasteiger charge is -2.09. The fraction of sp³-hybridized carbons (Fsp3) is 0.200. The molecular formula is C20H19NO4. The first-order chi connectivity index (χ1) is 12.1. The van der Waals surface area contributed by atoms with Crippen LogP contribution in [0.4, 0.5) is 0 Å². The third kappa shape index (κ3) is 3.01. The lowest BCUT2D eigenvalue weighted by Crippen LogP contribution is -2.08. The van der Waals surface area contributed by atoms with Crippen molar-refractivity contribution in [3.05, 3.63) is 64.7 Å². The lowest BCUT2D eigenvalue weighted by molar-refractivity contribution is 0.104. The molecule has 0 fully saturated rings. The number of carbonyl (C=O) groups excluding carboxylic acids is 1. The van der Waals surface area contributed by atoms with Gasteiger partial charge in [0.25, 0.3) is 0 Å². The van der Waals surface area contributed by atoms with Crippen molar-refractivity contribution in [1.82, 2.24) is 0 Å². The maximum Gasteiger partial charge on any atom is 0.199 e. The molecule has 2 aromatic rings. The van der Waals surface area contributed by atoms with Crippen LogP contribution in [0.25, 0.3) is 5.76 Å². The number of methoxy groups -OCH3 is 2. The van der Waals surface area contributed by atoms with Crippen molar-refractivity contribution in [1.29, 1.82) is 0 Å². The maximum atomic E-state index is 12.5. The van der Waals surface area contributed by atoms with Crippen molar-refractivity contribution in [2.75, 3.05) is 14.2 Å². The van der Waals surface area contributed by atoms with Gasteiger partial charge in [-0.3, -0.25) is 9.79 Å². The highest BCUT2D eigenvalue weighted by Crippen LogP contribution is 2.32. The second kappa shape index (κ2) is 6.81. The molecule has 0 aromatic heterocycles. The molecular weight excluding hydrogens is 318 g/mol. The Bertz CT molecular complexity index is 896. The van der Waals surface area contributed by atoms with E-state index in [0.717, 1.165) is 5.56 Å². The molecule has 1 N–H and O–H groups in total. The van der Waals surface area contributed by atoms with Crippen LogP contribution in [0.1, 0.15) is 28.4 Å². The van der Waals surface area contributed by atoms with Crippen LogP contribution in [-0.2, 0) is 6.54 Å². The fourth-order valence-corrected chi connectivity index (χ4v) is 2.87. The number of benzene rings is 2. The number of aliphatic hydroxyl groups is 1. The SMILES string of the molecule is COc1ccc(CN=C(C)C2=C(O)c3ccccc3C2=O)cc1OC. The van der Waals surface area contributed by atoms with Gasteiger partial charge in [0.05, 0.1) is 26.3 Å². The van der Waals surface area contributed by atoms with E-state index in [1.165, 1.54) is 0 Å². The van der Waals surface area contributed by atoms with Gasteiger partial charge in [-0.15, -0.1) is 0 Å². The van der Waals surface area contributed by atoms with Crippen molar-refractivity contribution < 1.29 is 19.4 Å². The zero-order valence-corrected chi connectivity index (χ0v) is 14.4. The van der Waals surface area contributed by atoms with E-state index in [-0.39, 0.29) is 17.1 Å². The molecule has 25 heavy (non-hydrogen) atoms. The lowest BCUT2D eigenvalue weighted by atomic mass is 10.1. The van der Waals surface area contributed by atoms with Gasteiger partial charge in [-0.05, 0) is 24.6 Å². The number of rotatable bonds is 5. The van der Waals surface area contributed by atoms with Crippen LogP contribution >= 0.6 is 0 Å². The number of aliphatic imine (C=N–C) groups is 1. The highest BCUT2D eigenvalue weighted by Gasteiger charge is 2.30. The summed E-state index contributed by atoms with van der Waals surface area (Å²) < 4.78 is 10.5. The van der Waals surface area contributed by atoms with Crippen LogP contribution < -0.4 is 9.47 Å². The average molecular weight is 337 g/mol. The summed E-state index contributed by atoms with van der Waals surface area (Å²) in [5, 5.41) is 10.4. The highest BCUT2D eigenvalue weighted by molar-refractivity contribution is 6.35. The van der Waals surface area contributed by atoms with Crippen LogP contribution in [0.15, 0.2) is 53.0 Å². The molecule has 2 aromatic carbocycles. The largest absolute Gasteiger partial charge is 0.506 e. The number of fused-ring (bicyclic) bond motifs is 1. The van der Waals surface area contributed by atoms with Crippen LogP contribution in [0, 0.1) is 0 Å². The molecule has 0 saturated heterocycles. The highest BCUT2D eigenvalue weighted by atomic mass is 16.5. The minimum Gasteiger partial charge on any atom is -0.506 e. The molecule has 1 aliphatic carbocycles.